The number of benzene rings is 11. The molecule has 0 radical (unpaired) electrons. The Morgan fingerprint density at radius 3 is 1.55 bits per heavy atom. The summed E-state index contributed by atoms with van der Waals surface area (Å²) in [7, 11) is 0. The lowest BCUT2D eigenvalue weighted by molar-refractivity contribution is 0.628. The molecule has 1 aromatic heterocycles. The lowest BCUT2D eigenvalue weighted by atomic mass is 9.90. The summed E-state index contributed by atoms with van der Waals surface area (Å²) in [4.78, 5) is 2.41. The molecule has 0 amide bonds. The summed E-state index contributed by atoms with van der Waals surface area (Å²) in [5.41, 5.74) is 17.5. The molecule has 0 unspecified atom stereocenters. The Kier molecular flexibility index (Phi) is 10.1. The standard InChI is InChI=1S/C64H43FN2/c65-50-22-13-21-49(43-50)55-28-14-19-48-20-15-30-57(63(48)55)56-26-8-11-32-60(56)66(59-31-10-7-25-53(59)46-37-35-45(36-38-46)44-17-3-1-4-18-44)52-41-39-47(40-42-52)54-29-16-34-62-64(54)58-27-9-12-33-61(58)67(62)51-23-5-2-6-24-51/h1-43H. The van der Waals surface area contributed by atoms with Gasteiger partial charge in [-0.2, -0.15) is 0 Å². The van der Waals surface area contributed by atoms with Crippen molar-refractivity contribution in [3.8, 4) is 61.3 Å². The number of aromatic nitrogens is 1. The van der Waals surface area contributed by atoms with Crippen LogP contribution in [0.5, 0.6) is 0 Å². The van der Waals surface area contributed by atoms with Crippen LogP contribution in [0.3, 0.4) is 0 Å². The predicted molar refractivity (Wildman–Crippen MR) is 280 cm³/mol. The summed E-state index contributed by atoms with van der Waals surface area (Å²) in [5.74, 6) is -0.256. The van der Waals surface area contributed by atoms with E-state index in [0.717, 1.165) is 72.5 Å². The number of nitrogens with zero attached hydrogens (tertiary/aromatic N) is 2. The molecule has 0 saturated carbocycles. The molecule has 0 aliphatic carbocycles. The van der Waals surface area contributed by atoms with Crippen molar-refractivity contribution < 1.29 is 4.39 Å². The molecule has 0 saturated heterocycles. The van der Waals surface area contributed by atoms with Crippen LogP contribution in [0, 0.1) is 5.82 Å². The van der Waals surface area contributed by atoms with Crippen LogP contribution in [0.4, 0.5) is 21.5 Å². The van der Waals surface area contributed by atoms with E-state index in [1.54, 1.807) is 12.1 Å². The minimum absolute atomic E-state index is 0.256. The summed E-state index contributed by atoms with van der Waals surface area (Å²) in [5, 5.41) is 4.61. The number of anilines is 3. The van der Waals surface area contributed by atoms with Gasteiger partial charge in [-0.25, -0.2) is 4.39 Å². The Balaban J connectivity index is 1.05. The fraction of sp³-hybridized carbons (Fsp3) is 0. The average molecular weight is 859 g/mol. The third-order valence-electron chi connectivity index (χ3n) is 13.1. The molecule has 67 heavy (non-hydrogen) atoms. The second kappa shape index (κ2) is 17.0. The predicted octanol–water partition coefficient (Wildman–Crippen LogP) is 17.9. The first-order valence-electron chi connectivity index (χ1n) is 22.8. The van der Waals surface area contributed by atoms with Gasteiger partial charge < -0.3 is 9.47 Å². The van der Waals surface area contributed by atoms with Gasteiger partial charge in [-0.05, 0) is 116 Å². The van der Waals surface area contributed by atoms with Crippen molar-refractivity contribution >= 4 is 49.6 Å². The summed E-state index contributed by atoms with van der Waals surface area (Å²) in [6.07, 6.45) is 0. The highest BCUT2D eigenvalue weighted by molar-refractivity contribution is 6.16. The second-order valence-corrected chi connectivity index (χ2v) is 17.0. The molecule has 0 aliphatic rings. The summed E-state index contributed by atoms with van der Waals surface area (Å²) in [6.45, 7) is 0. The Morgan fingerprint density at radius 2 is 0.806 bits per heavy atom. The van der Waals surface area contributed by atoms with Crippen LogP contribution in [-0.2, 0) is 0 Å². The van der Waals surface area contributed by atoms with Crippen molar-refractivity contribution in [3.05, 3.63) is 267 Å². The van der Waals surface area contributed by atoms with Crippen LogP contribution in [0.1, 0.15) is 0 Å². The topological polar surface area (TPSA) is 8.17 Å². The summed E-state index contributed by atoms with van der Waals surface area (Å²) < 4.78 is 17.2. The highest BCUT2D eigenvalue weighted by Gasteiger charge is 2.23. The van der Waals surface area contributed by atoms with Crippen molar-refractivity contribution in [2.75, 3.05) is 4.90 Å². The molecule has 0 spiro atoms. The maximum absolute atomic E-state index is 14.9. The van der Waals surface area contributed by atoms with Crippen LogP contribution >= 0.6 is 0 Å². The molecular weight excluding hydrogens is 816 g/mol. The zero-order valence-electron chi connectivity index (χ0n) is 36.6. The molecule has 0 N–H and O–H groups in total. The van der Waals surface area contributed by atoms with E-state index in [0.29, 0.717) is 0 Å². The van der Waals surface area contributed by atoms with Gasteiger partial charge in [0.1, 0.15) is 5.82 Å². The highest BCUT2D eigenvalue weighted by atomic mass is 19.1. The molecule has 0 atom stereocenters. The van der Waals surface area contributed by atoms with Crippen LogP contribution in [0.2, 0.25) is 0 Å². The van der Waals surface area contributed by atoms with E-state index in [9.17, 15) is 4.39 Å². The fourth-order valence-corrected chi connectivity index (χ4v) is 10.1. The summed E-state index contributed by atoms with van der Waals surface area (Å²) >= 11 is 0. The lowest BCUT2D eigenvalue weighted by Crippen LogP contribution is -2.12. The first-order valence-corrected chi connectivity index (χ1v) is 22.8. The quantitative estimate of drug-likeness (QED) is 0.140. The molecule has 0 fully saturated rings. The number of hydrogen-bond acceptors (Lipinski definition) is 1. The van der Waals surface area contributed by atoms with Gasteiger partial charge in [0.2, 0.25) is 0 Å². The molecule has 1 heterocycles. The minimum Gasteiger partial charge on any atom is -0.309 e. The first kappa shape index (κ1) is 39.8. The van der Waals surface area contributed by atoms with Gasteiger partial charge in [0.25, 0.3) is 0 Å². The zero-order chi connectivity index (χ0) is 44.7. The molecule has 12 aromatic rings. The molecule has 0 bridgehead atoms. The number of rotatable bonds is 9. The molecule has 12 rings (SSSR count). The lowest BCUT2D eigenvalue weighted by Gasteiger charge is -2.30. The Hall–Kier alpha value is -8.79. The maximum Gasteiger partial charge on any atom is 0.123 e. The summed E-state index contributed by atoms with van der Waals surface area (Å²) in [6, 6.07) is 91.6. The second-order valence-electron chi connectivity index (χ2n) is 17.0. The SMILES string of the molecule is Fc1cccc(-c2cccc3cccc(-c4ccccc4N(c4ccc(-c5cccc6c5c5ccccc5n6-c5ccccc5)cc4)c4ccccc4-c4ccc(-c5ccccc5)cc4)c23)c1. The first-order chi connectivity index (χ1) is 33.2. The number of para-hydroxylation sites is 4. The van der Waals surface area contributed by atoms with Crippen LogP contribution < -0.4 is 4.90 Å². The van der Waals surface area contributed by atoms with Crippen LogP contribution in [-0.4, -0.2) is 4.57 Å². The maximum atomic E-state index is 14.9. The van der Waals surface area contributed by atoms with Gasteiger partial charge in [-0.15, -0.1) is 0 Å². The van der Waals surface area contributed by atoms with Gasteiger partial charge in [0, 0.05) is 33.3 Å². The monoisotopic (exact) mass is 858 g/mol. The van der Waals surface area contributed by atoms with Gasteiger partial charge in [0.05, 0.1) is 22.4 Å². The van der Waals surface area contributed by atoms with E-state index in [1.165, 1.54) is 44.6 Å². The Bertz CT molecular complexity index is 3740. The van der Waals surface area contributed by atoms with E-state index >= 15 is 0 Å². The third-order valence-corrected chi connectivity index (χ3v) is 13.1. The third kappa shape index (κ3) is 7.15. The van der Waals surface area contributed by atoms with E-state index in [-0.39, 0.29) is 5.82 Å². The van der Waals surface area contributed by atoms with Crippen molar-refractivity contribution in [1.82, 2.24) is 4.57 Å². The van der Waals surface area contributed by atoms with Crippen LogP contribution in [0.15, 0.2) is 261 Å². The number of halogens is 1. The Labute approximate surface area is 389 Å². The molecule has 0 aliphatic heterocycles. The molecule has 316 valence electrons. The average Bonchev–Trinajstić information content (AvgIpc) is 3.74. The number of fused-ring (bicyclic) bond motifs is 4. The van der Waals surface area contributed by atoms with E-state index < -0.39 is 0 Å². The van der Waals surface area contributed by atoms with Crippen molar-refractivity contribution in [2.45, 2.75) is 0 Å². The molecular formula is C64H43FN2. The number of hydrogen-bond donors (Lipinski definition) is 0. The molecule has 2 nitrogen and oxygen atoms in total. The van der Waals surface area contributed by atoms with Crippen molar-refractivity contribution in [2.24, 2.45) is 0 Å². The van der Waals surface area contributed by atoms with E-state index in [2.05, 4.69) is 246 Å². The normalized spacial score (nSPS) is 11.4. The smallest absolute Gasteiger partial charge is 0.123 e. The van der Waals surface area contributed by atoms with Gasteiger partial charge >= 0.3 is 0 Å². The van der Waals surface area contributed by atoms with Crippen molar-refractivity contribution in [3.63, 3.8) is 0 Å². The van der Waals surface area contributed by atoms with E-state index in [4.69, 9.17) is 0 Å². The molecule has 11 aromatic carbocycles. The van der Waals surface area contributed by atoms with Crippen molar-refractivity contribution in [1.29, 1.82) is 0 Å². The van der Waals surface area contributed by atoms with E-state index in [1.807, 2.05) is 6.07 Å². The largest absolute Gasteiger partial charge is 0.309 e. The van der Waals surface area contributed by atoms with Gasteiger partial charge in [0.15, 0.2) is 0 Å². The van der Waals surface area contributed by atoms with Crippen LogP contribution in [0.25, 0.3) is 93.9 Å². The highest BCUT2D eigenvalue weighted by Crippen LogP contribution is 2.48. The Morgan fingerprint density at radius 1 is 0.313 bits per heavy atom. The molecule has 3 heteroatoms. The zero-order valence-corrected chi connectivity index (χ0v) is 36.6. The fourth-order valence-electron chi connectivity index (χ4n) is 10.1. The van der Waals surface area contributed by atoms with Gasteiger partial charge in [-0.3, -0.25) is 0 Å². The minimum atomic E-state index is -0.256. The van der Waals surface area contributed by atoms with Gasteiger partial charge in [-0.1, -0.05) is 200 Å².